The molecule has 0 atom stereocenters. The van der Waals surface area contributed by atoms with Crippen molar-refractivity contribution in [2.75, 3.05) is 21.9 Å². The van der Waals surface area contributed by atoms with Crippen molar-refractivity contribution in [3.05, 3.63) is 65.2 Å². The Balaban J connectivity index is 1.74. The number of sulfonamides is 1. The summed E-state index contributed by atoms with van der Waals surface area (Å²) in [7, 11) is -3.18. The molecule has 0 aliphatic carbocycles. The lowest BCUT2D eigenvalue weighted by Crippen LogP contribution is -2.24. The van der Waals surface area contributed by atoms with Gasteiger partial charge in [0.15, 0.2) is 0 Å². The maximum Gasteiger partial charge on any atom is 0.248 e. The molecule has 0 spiro atoms. The summed E-state index contributed by atoms with van der Waals surface area (Å²) in [4.78, 5) is 12.6. The first-order valence-electron chi connectivity index (χ1n) is 10.4. The smallest absolute Gasteiger partial charge is 0.248 e. The SMILES string of the molecule is CC(C)c1cccc(C(C)C)c1NC(=O)C=Cc1ccc(N2CCCS2(=O)=O)cc1. The molecular weight excluding hydrogens is 396 g/mol. The van der Waals surface area contributed by atoms with Crippen LogP contribution in [0.2, 0.25) is 0 Å². The number of carbonyl (C=O) groups excluding carboxylic acids is 1. The van der Waals surface area contributed by atoms with Gasteiger partial charge in [-0.25, -0.2) is 8.42 Å². The molecule has 1 saturated heterocycles. The van der Waals surface area contributed by atoms with E-state index in [1.165, 1.54) is 10.4 Å². The van der Waals surface area contributed by atoms with Gasteiger partial charge in [-0.05, 0) is 53.2 Å². The van der Waals surface area contributed by atoms with Crippen molar-refractivity contribution in [2.45, 2.75) is 46.0 Å². The molecule has 1 aliphatic rings. The fourth-order valence-corrected chi connectivity index (χ4v) is 5.28. The Hall–Kier alpha value is -2.60. The normalized spacial score (nSPS) is 16.0. The number of anilines is 2. The van der Waals surface area contributed by atoms with Gasteiger partial charge < -0.3 is 5.32 Å². The van der Waals surface area contributed by atoms with Crippen molar-refractivity contribution in [2.24, 2.45) is 0 Å². The third kappa shape index (κ3) is 4.93. The molecule has 2 aromatic carbocycles. The van der Waals surface area contributed by atoms with E-state index in [1.54, 1.807) is 18.2 Å². The summed E-state index contributed by atoms with van der Waals surface area (Å²) >= 11 is 0. The number of benzene rings is 2. The molecule has 0 aromatic heterocycles. The van der Waals surface area contributed by atoms with E-state index in [4.69, 9.17) is 0 Å². The van der Waals surface area contributed by atoms with Crippen LogP contribution < -0.4 is 9.62 Å². The van der Waals surface area contributed by atoms with Gasteiger partial charge in [-0.15, -0.1) is 0 Å². The van der Waals surface area contributed by atoms with E-state index < -0.39 is 10.0 Å². The number of para-hydroxylation sites is 1. The molecule has 1 heterocycles. The van der Waals surface area contributed by atoms with Crippen LogP contribution in [0.25, 0.3) is 6.08 Å². The lowest BCUT2D eigenvalue weighted by molar-refractivity contribution is -0.111. The van der Waals surface area contributed by atoms with Crippen LogP contribution in [0.4, 0.5) is 11.4 Å². The number of rotatable bonds is 6. The molecule has 1 aliphatic heterocycles. The van der Waals surface area contributed by atoms with Crippen LogP contribution in [0.1, 0.15) is 62.6 Å². The zero-order valence-corrected chi connectivity index (χ0v) is 18.9. The molecule has 1 N–H and O–H groups in total. The third-order valence-corrected chi connectivity index (χ3v) is 7.20. The maximum absolute atomic E-state index is 12.6. The van der Waals surface area contributed by atoms with E-state index >= 15 is 0 Å². The van der Waals surface area contributed by atoms with Crippen molar-refractivity contribution < 1.29 is 13.2 Å². The second kappa shape index (κ2) is 9.04. The molecule has 0 bridgehead atoms. The standard InChI is InChI=1S/C24H30N2O3S/c1-17(2)21-7-5-8-22(18(3)4)24(21)25-23(27)14-11-19-9-12-20(13-10-19)26-15-6-16-30(26,28)29/h5,7-14,17-18H,6,15-16H2,1-4H3,(H,25,27). The summed E-state index contributed by atoms with van der Waals surface area (Å²) in [6, 6.07) is 13.4. The molecule has 1 fully saturated rings. The highest BCUT2D eigenvalue weighted by molar-refractivity contribution is 7.93. The van der Waals surface area contributed by atoms with Gasteiger partial charge in [0.1, 0.15) is 0 Å². The highest BCUT2D eigenvalue weighted by atomic mass is 32.2. The zero-order chi connectivity index (χ0) is 21.9. The lowest BCUT2D eigenvalue weighted by atomic mass is 9.92. The first kappa shape index (κ1) is 22.1. The molecule has 3 rings (SSSR count). The van der Waals surface area contributed by atoms with E-state index in [0.29, 0.717) is 30.5 Å². The van der Waals surface area contributed by atoms with Crippen LogP contribution in [0.5, 0.6) is 0 Å². The van der Waals surface area contributed by atoms with Crippen LogP contribution in [0.15, 0.2) is 48.5 Å². The monoisotopic (exact) mass is 426 g/mol. The molecule has 0 radical (unpaired) electrons. The highest BCUT2D eigenvalue weighted by Crippen LogP contribution is 2.32. The van der Waals surface area contributed by atoms with Gasteiger partial charge in [0, 0.05) is 18.3 Å². The molecule has 1 amide bonds. The van der Waals surface area contributed by atoms with E-state index in [9.17, 15) is 13.2 Å². The number of hydrogen-bond donors (Lipinski definition) is 1. The van der Waals surface area contributed by atoms with Crippen molar-refractivity contribution in [1.82, 2.24) is 0 Å². The topological polar surface area (TPSA) is 66.5 Å². The molecule has 6 heteroatoms. The van der Waals surface area contributed by atoms with Gasteiger partial charge in [-0.1, -0.05) is 58.0 Å². The van der Waals surface area contributed by atoms with E-state index in [-0.39, 0.29) is 11.7 Å². The van der Waals surface area contributed by atoms with Gasteiger partial charge >= 0.3 is 0 Å². The van der Waals surface area contributed by atoms with E-state index in [2.05, 4.69) is 45.1 Å². The average molecular weight is 427 g/mol. The Kier molecular flexibility index (Phi) is 6.66. The average Bonchev–Trinajstić information content (AvgIpc) is 3.05. The fraction of sp³-hybridized carbons (Fsp3) is 0.375. The number of nitrogens with one attached hydrogen (secondary N) is 1. The van der Waals surface area contributed by atoms with Crippen LogP contribution in [0.3, 0.4) is 0 Å². The highest BCUT2D eigenvalue weighted by Gasteiger charge is 2.28. The Morgan fingerprint density at radius 3 is 2.10 bits per heavy atom. The van der Waals surface area contributed by atoms with Gasteiger partial charge in [0.25, 0.3) is 0 Å². The summed E-state index contributed by atoms with van der Waals surface area (Å²) in [5.74, 6) is 0.622. The number of carbonyl (C=O) groups is 1. The van der Waals surface area contributed by atoms with Crippen molar-refractivity contribution in [3.63, 3.8) is 0 Å². The van der Waals surface area contributed by atoms with Crippen LogP contribution >= 0.6 is 0 Å². The fourth-order valence-electron chi connectivity index (χ4n) is 3.71. The van der Waals surface area contributed by atoms with Crippen molar-refractivity contribution >= 4 is 33.4 Å². The largest absolute Gasteiger partial charge is 0.322 e. The molecule has 0 saturated carbocycles. The van der Waals surface area contributed by atoms with Crippen molar-refractivity contribution in [1.29, 1.82) is 0 Å². The van der Waals surface area contributed by atoms with Gasteiger partial charge in [-0.3, -0.25) is 9.10 Å². The predicted octanol–water partition coefficient (Wildman–Crippen LogP) is 5.13. The third-order valence-electron chi connectivity index (χ3n) is 5.33. The molecule has 160 valence electrons. The quantitative estimate of drug-likeness (QED) is 0.652. The summed E-state index contributed by atoms with van der Waals surface area (Å²) in [6.07, 6.45) is 3.91. The van der Waals surface area contributed by atoms with Gasteiger partial charge in [0.05, 0.1) is 11.4 Å². The van der Waals surface area contributed by atoms with Crippen LogP contribution in [-0.4, -0.2) is 26.6 Å². The molecule has 0 unspecified atom stereocenters. The molecule has 30 heavy (non-hydrogen) atoms. The molecule has 5 nitrogen and oxygen atoms in total. The summed E-state index contributed by atoms with van der Waals surface area (Å²) in [5, 5.41) is 3.07. The zero-order valence-electron chi connectivity index (χ0n) is 18.1. The minimum absolute atomic E-state index is 0.184. The Labute approximate surface area is 179 Å². The van der Waals surface area contributed by atoms with E-state index in [0.717, 1.165) is 22.4 Å². The maximum atomic E-state index is 12.6. The van der Waals surface area contributed by atoms with E-state index in [1.807, 2.05) is 18.2 Å². The number of hydrogen-bond acceptors (Lipinski definition) is 3. The lowest BCUT2D eigenvalue weighted by Gasteiger charge is -2.19. The number of nitrogens with zero attached hydrogens (tertiary/aromatic N) is 1. The van der Waals surface area contributed by atoms with Crippen LogP contribution in [-0.2, 0) is 14.8 Å². The minimum Gasteiger partial charge on any atom is -0.322 e. The van der Waals surface area contributed by atoms with Gasteiger partial charge in [0.2, 0.25) is 15.9 Å². The second-order valence-electron chi connectivity index (χ2n) is 8.28. The second-order valence-corrected chi connectivity index (χ2v) is 10.3. The molecular formula is C24H30N2O3S. The summed E-state index contributed by atoms with van der Waals surface area (Å²) in [6.45, 7) is 8.99. The Morgan fingerprint density at radius 2 is 1.60 bits per heavy atom. The first-order valence-corrected chi connectivity index (χ1v) is 12.0. The predicted molar refractivity (Wildman–Crippen MR) is 124 cm³/mol. The van der Waals surface area contributed by atoms with Crippen LogP contribution in [0, 0.1) is 0 Å². The summed E-state index contributed by atoms with van der Waals surface area (Å²) in [5.41, 5.74) is 4.65. The van der Waals surface area contributed by atoms with Gasteiger partial charge in [-0.2, -0.15) is 0 Å². The van der Waals surface area contributed by atoms with Crippen molar-refractivity contribution in [3.8, 4) is 0 Å². The Morgan fingerprint density at radius 1 is 1.00 bits per heavy atom. The summed E-state index contributed by atoms with van der Waals surface area (Å²) < 4.78 is 25.5. The minimum atomic E-state index is -3.18. The Bertz CT molecular complexity index is 1010. The number of amides is 1. The first-order chi connectivity index (χ1) is 14.2. The molecule has 2 aromatic rings.